The van der Waals surface area contributed by atoms with Crippen LogP contribution in [0.4, 0.5) is 0 Å². The molecule has 3 N–H and O–H groups in total. The predicted molar refractivity (Wildman–Crippen MR) is 377 cm³/mol. The molecule has 0 bridgehead atoms. The van der Waals surface area contributed by atoms with Gasteiger partial charge in [-0.3, -0.25) is 37.3 Å². The van der Waals surface area contributed by atoms with Gasteiger partial charge in [0.05, 0.1) is 26.4 Å². The smallest absolute Gasteiger partial charge is 0.462 e. The highest BCUT2D eigenvalue weighted by molar-refractivity contribution is 7.47. The van der Waals surface area contributed by atoms with Crippen molar-refractivity contribution in [3.05, 3.63) is 0 Å². The van der Waals surface area contributed by atoms with Gasteiger partial charge in [-0.15, -0.1) is 0 Å². The number of phosphoric acid groups is 2. The molecular weight excluding hydrogens is 1220 g/mol. The van der Waals surface area contributed by atoms with Crippen LogP contribution in [0.3, 0.4) is 0 Å². The van der Waals surface area contributed by atoms with Gasteiger partial charge < -0.3 is 33.8 Å². The lowest BCUT2D eigenvalue weighted by Crippen LogP contribution is -2.30. The molecule has 0 spiro atoms. The first-order valence-corrected chi connectivity index (χ1v) is 41.2. The van der Waals surface area contributed by atoms with Crippen LogP contribution in [0.5, 0.6) is 0 Å². The third kappa shape index (κ3) is 67.0. The van der Waals surface area contributed by atoms with Gasteiger partial charge in [0.25, 0.3) is 0 Å². The monoisotopic (exact) mass is 1370 g/mol. The van der Waals surface area contributed by atoms with Gasteiger partial charge in [-0.2, -0.15) is 0 Å². The minimum absolute atomic E-state index is 0.105. The Kier molecular flexibility index (Phi) is 62.2. The van der Waals surface area contributed by atoms with Crippen LogP contribution in [0.1, 0.15) is 370 Å². The van der Waals surface area contributed by atoms with E-state index in [4.69, 9.17) is 37.0 Å². The molecule has 0 rings (SSSR count). The number of unbranched alkanes of at least 4 members (excludes halogenated alkanes) is 36. The fourth-order valence-corrected chi connectivity index (χ4v) is 12.7. The summed E-state index contributed by atoms with van der Waals surface area (Å²) in [6, 6.07) is 0. The molecule has 0 aliphatic rings. The molecule has 0 amide bonds. The average Bonchev–Trinajstić information content (AvgIpc) is 1.96. The van der Waals surface area contributed by atoms with Crippen LogP contribution >= 0.6 is 15.6 Å². The molecule has 6 atom stereocenters. The van der Waals surface area contributed by atoms with E-state index in [1.807, 2.05) is 0 Å². The molecule has 0 aromatic carbocycles. The molecule has 93 heavy (non-hydrogen) atoms. The van der Waals surface area contributed by atoms with Gasteiger partial charge in [-0.25, -0.2) is 9.13 Å². The number of aliphatic hydroxyl groups is 1. The maximum Gasteiger partial charge on any atom is 0.472 e. The van der Waals surface area contributed by atoms with Gasteiger partial charge in [-0.1, -0.05) is 319 Å². The number of aliphatic hydroxyl groups excluding tert-OH is 1. The van der Waals surface area contributed by atoms with E-state index < -0.39 is 97.5 Å². The summed E-state index contributed by atoms with van der Waals surface area (Å²) < 4.78 is 68.4. The van der Waals surface area contributed by atoms with E-state index in [1.54, 1.807) is 0 Å². The Balaban J connectivity index is 5.24. The Hall–Kier alpha value is -1.94. The molecule has 0 aliphatic heterocycles. The summed E-state index contributed by atoms with van der Waals surface area (Å²) in [6.07, 6.45) is 47.2. The largest absolute Gasteiger partial charge is 0.472 e. The molecule has 0 aliphatic carbocycles. The standard InChI is InChI=1S/C74H144O17P2/c1-9-67(8)53-45-37-32-33-39-47-55-72(77)85-61-70(91-73(78)56-48-40-30-24-18-14-16-21-27-35-43-51-65(4)5)63-89-93(82,83)87-59-68(75)58-86-92(80,81)88-62-69(90-74(79)57-49-41-31-25-19-22-28-36-44-52-66(6)7)60-84-71(76)54-46-38-29-23-17-13-11-10-12-15-20-26-34-42-50-64(2)3/h64-70,75H,9-63H2,1-8H3,(H,80,81)(H,82,83)/t67?,68-,69-,70-/m1/s1. The van der Waals surface area contributed by atoms with Crippen molar-refractivity contribution in [1.29, 1.82) is 0 Å². The Labute approximate surface area is 568 Å². The first kappa shape index (κ1) is 91.1. The van der Waals surface area contributed by atoms with Gasteiger partial charge >= 0.3 is 39.5 Å². The Morgan fingerprint density at radius 2 is 0.516 bits per heavy atom. The third-order valence-electron chi connectivity index (χ3n) is 17.4. The predicted octanol–water partition coefficient (Wildman–Crippen LogP) is 21.3. The molecular formula is C74H144O17P2. The molecule has 17 nitrogen and oxygen atoms in total. The molecule has 0 heterocycles. The van der Waals surface area contributed by atoms with E-state index in [0.717, 1.165) is 120 Å². The normalized spacial score (nSPS) is 14.5. The Morgan fingerprint density at radius 3 is 0.763 bits per heavy atom. The van der Waals surface area contributed by atoms with Crippen molar-refractivity contribution < 1.29 is 80.2 Å². The summed E-state index contributed by atoms with van der Waals surface area (Å²) in [6.45, 7) is 14.1. The fraction of sp³-hybridized carbons (Fsp3) is 0.946. The number of rotatable bonds is 71. The summed E-state index contributed by atoms with van der Waals surface area (Å²) >= 11 is 0. The minimum atomic E-state index is -4.96. The highest BCUT2D eigenvalue weighted by Gasteiger charge is 2.30. The molecule has 19 heteroatoms. The van der Waals surface area contributed by atoms with Crippen LogP contribution in [0.15, 0.2) is 0 Å². The number of hydrogen-bond donors (Lipinski definition) is 3. The Bertz CT molecular complexity index is 1840. The topological polar surface area (TPSA) is 237 Å². The van der Waals surface area contributed by atoms with Gasteiger partial charge in [0.1, 0.15) is 19.3 Å². The number of hydrogen-bond acceptors (Lipinski definition) is 15. The van der Waals surface area contributed by atoms with E-state index >= 15 is 0 Å². The molecule has 0 fully saturated rings. The molecule has 0 aromatic rings. The van der Waals surface area contributed by atoms with Crippen molar-refractivity contribution in [3.8, 4) is 0 Å². The van der Waals surface area contributed by atoms with E-state index in [9.17, 15) is 43.2 Å². The van der Waals surface area contributed by atoms with Crippen molar-refractivity contribution in [1.82, 2.24) is 0 Å². The van der Waals surface area contributed by atoms with Crippen LogP contribution in [-0.4, -0.2) is 96.7 Å². The zero-order valence-corrected chi connectivity index (χ0v) is 62.7. The van der Waals surface area contributed by atoms with Crippen molar-refractivity contribution >= 4 is 39.5 Å². The summed E-state index contributed by atoms with van der Waals surface area (Å²) in [4.78, 5) is 72.7. The van der Waals surface area contributed by atoms with Crippen molar-refractivity contribution in [3.63, 3.8) is 0 Å². The molecule has 0 saturated carbocycles. The maximum atomic E-state index is 13.1. The zero-order valence-electron chi connectivity index (χ0n) is 60.9. The van der Waals surface area contributed by atoms with Gasteiger partial charge in [0.2, 0.25) is 0 Å². The van der Waals surface area contributed by atoms with E-state index in [1.165, 1.54) is 167 Å². The lowest BCUT2D eigenvalue weighted by atomic mass is 10.00. The summed E-state index contributed by atoms with van der Waals surface area (Å²) in [5.41, 5.74) is 0. The van der Waals surface area contributed by atoms with E-state index in [2.05, 4.69) is 55.4 Å². The summed E-state index contributed by atoms with van der Waals surface area (Å²) in [5.74, 6) is 0.907. The van der Waals surface area contributed by atoms with Crippen LogP contribution in [0.2, 0.25) is 0 Å². The number of carbonyl (C=O) groups is 4. The van der Waals surface area contributed by atoms with Crippen LogP contribution in [0.25, 0.3) is 0 Å². The fourth-order valence-electron chi connectivity index (χ4n) is 11.2. The second kappa shape index (κ2) is 63.5. The number of ether oxygens (including phenoxy) is 4. The number of carbonyl (C=O) groups excluding carboxylic acids is 4. The van der Waals surface area contributed by atoms with Crippen LogP contribution in [-0.2, 0) is 65.4 Å². The average molecular weight is 1370 g/mol. The van der Waals surface area contributed by atoms with Crippen molar-refractivity contribution in [2.75, 3.05) is 39.6 Å². The molecule has 0 saturated heterocycles. The number of esters is 4. The van der Waals surface area contributed by atoms with Crippen LogP contribution < -0.4 is 0 Å². The van der Waals surface area contributed by atoms with Crippen LogP contribution in [0, 0.1) is 23.7 Å². The molecule has 552 valence electrons. The van der Waals surface area contributed by atoms with Gasteiger partial charge in [0.15, 0.2) is 12.2 Å². The second-order valence-electron chi connectivity index (χ2n) is 28.4. The SMILES string of the molecule is CCC(C)CCCCCCCCC(=O)OC[C@H](COP(=O)(O)OC[C@H](O)COP(=O)(O)OC[C@@H](COC(=O)CCCCCCCCCCCCCCCCC(C)C)OC(=O)CCCCCCCCCCCC(C)C)OC(=O)CCCCCCCCCCCCCC(C)C. The lowest BCUT2D eigenvalue weighted by Gasteiger charge is -2.21. The molecule has 0 radical (unpaired) electrons. The van der Waals surface area contributed by atoms with E-state index in [-0.39, 0.29) is 25.7 Å². The summed E-state index contributed by atoms with van der Waals surface area (Å²) in [5, 5.41) is 10.6. The maximum absolute atomic E-state index is 13.1. The minimum Gasteiger partial charge on any atom is -0.462 e. The quantitative estimate of drug-likeness (QED) is 0.0222. The highest BCUT2D eigenvalue weighted by Crippen LogP contribution is 2.45. The van der Waals surface area contributed by atoms with Crippen molar-refractivity contribution in [2.24, 2.45) is 23.7 Å². The van der Waals surface area contributed by atoms with E-state index in [0.29, 0.717) is 25.7 Å². The first-order valence-electron chi connectivity index (χ1n) is 38.2. The second-order valence-corrected chi connectivity index (χ2v) is 31.3. The zero-order chi connectivity index (χ0) is 68.9. The third-order valence-corrected chi connectivity index (χ3v) is 19.3. The Morgan fingerprint density at radius 1 is 0.301 bits per heavy atom. The first-order chi connectivity index (χ1) is 44.6. The lowest BCUT2D eigenvalue weighted by molar-refractivity contribution is -0.161. The molecule has 0 aromatic heterocycles. The van der Waals surface area contributed by atoms with Gasteiger partial charge in [-0.05, 0) is 49.4 Å². The highest BCUT2D eigenvalue weighted by atomic mass is 31.2. The summed E-state index contributed by atoms with van der Waals surface area (Å²) in [7, 11) is -9.91. The van der Waals surface area contributed by atoms with Gasteiger partial charge in [0, 0.05) is 25.7 Å². The van der Waals surface area contributed by atoms with Crippen molar-refractivity contribution in [2.45, 2.75) is 388 Å². The number of phosphoric ester groups is 2. The molecule has 3 unspecified atom stereocenters.